The summed E-state index contributed by atoms with van der Waals surface area (Å²) in [5, 5.41) is 20.2. The van der Waals surface area contributed by atoms with E-state index >= 15 is 0 Å². The largest absolute Gasteiger partial charge is 0.435 e. The van der Waals surface area contributed by atoms with Gasteiger partial charge in [0.25, 0.3) is 0 Å². The van der Waals surface area contributed by atoms with E-state index in [-0.39, 0.29) is 33.9 Å². The third kappa shape index (κ3) is 4.18. The topological polar surface area (TPSA) is 130 Å². The van der Waals surface area contributed by atoms with Crippen molar-refractivity contribution in [3.05, 3.63) is 58.2 Å². The summed E-state index contributed by atoms with van der Waals surface area (Å²) in [6.45, 7) is 0. The Morgan fingerprint density at radius 2 is 1.69 bits per heavy atom. The minimum Gasteiger partial charge on any atom is -0.404 e. The Morgan fingerprint density at radius 3 is 2.25 bits per heavy atom. The number of rotatable bonds is 4. The van der Waals surface area contributed by atoms with Gasteiger partial charge in [0.15, 0.2) is 5.69 Å². The standard InChI is InChI=1S/C23H21F6N7/c1-36-15(8-16(35-36)22(24,25)26)19(32)18-13(31)6-7-14-17(18)10-4-2-3-5-11(10)20(34-14)12(9-30)21(33)23(27,28)29/h6-9,32-33H,2-5,30-31H2,1H3/b12-9-,32-19?,33-21?. The van der Waals surface area contributed by atoms with Crippen molar-refractivity contribution in [3.63, 3.8) is 0 Å². The Labute approximate surface area is 200 Å². The number of nitrogens with one attached hydrogen (secondary N) is 2. The maximum Gasteiger partial charge on any atom is 0.435 e. The number of nitrogen functional groups attached to an aromatic ring is 1. The number of halogens is 6. The van der Waals surface area contributed by atoms with E-state index in [1.807, 2.05) is 0 Å². The van der Waals surface area contributed by atoms with Crippen LogP contribution in [-0.2, 0) is 26.1 Å². The minimum absolute atomic E-state index is 0.0795. The van der Waals surface area contributed by atoms with Gasteiger partial charge in [0.05, 0.1) is 22.6 Å². The summed E-state index contributed by atoms with van der Waals surface area (Å²) in [5.41, 5.74) is 9.21. The molecule has 7 nitrogen and oxygen atoms in total. The number of aromatic nitrogens is 3. The van der Waals surface area contributed by atoms with Crippen molar-refractivity contribution in [1.29, 1.82) is 10.8 Å². The van der Waals surface area contributed by atoms with Gasteiger partial charge in [0.1, 0.15) is 5.71 Å². The van der Waals surface area contributed by atoms with E-state index in [0.29, 0.717) is 48.4 Å². The number of hydrogen-bond donors (Lipinski definition) is 4. The second-order valence-electron chi connectivity index (χ2n) is 8.41. The van der Waals surface area contributed by atoms with E-state index in [1.165, 1.54) is 19.2 Å². The highest BCUT2D eigenvalue weighted by atomic mass is 19.4. The van der Waals surface area contributed by atoms with Gasteiger partial charge in [0.2, 0.25) is 0 Å². The summed E-state index contributed by atoms with van der Waals surface area (Å²) < 4.78 is 80.7. The number of nitrogens with two attached hydrogens (primary N) is 2. The maximum absolute atomic E-state index is 13.4. The first-order chi connectivity index (χ1) is 16.8. The Kier molecular flexibility index (Phi) is 6.05. The number of pyridine rings is 1. The van der Waals surface area contributed by atoms with E-state index in [1.54, 1.807) is 0 Å². The van der Waals surface area contributed by atoms with Crippen LogP contribution < -0.4 is 11.5 Å². The van der Waals surface area contributed by atoms with Crippen molar-refractivity contribution in [1.82, 2.24) is 14.8 Å². The fourth-order valence-corrected chi connectivity index (χ4v) is 4.53. The van der Waals surface area contributed by atoms with Crippen LogP contribution in [0, 0.1) is 10.8 Å². The number of hydrogen-bond acceptors (Lipinski definition) is 6. The third-order valence-electron chi connectivity index (χ3n) is 6.15. The molecule has 0 spiro atoms. The summed E-state index contributed by atoms with van der Waals surface area (Å²) >= 11 is 0. The van der Waals surface area contributed by atoms with Crippen molar-refractivity contribution >= 4 is 33.6 Å². The van der Waals surface area contributed by atoms with Crippen molar-refractivity contribution in [3.8, 4) is 0 Å². The van der Waals surface area contributed by atoms with Crippen molar-refractivity contribution in [2.24, 2.45) is 12.8 Å². The quantitative estimate of drug-likeness (QED) is 0.230. The molecule has 2 heterocycles. The molecule has 3 aromatic rings. The molecular weight excluding hydrogens is 488 g/mol. The van der Waals surface area contributed by atoms with Gasteiger partial charge in [-0.1, -0.05) is 0 Å². The lowest BCUT2D eigenvalue weighted by Crippen LogP contribution is -2.25. The zero-order valence-corrected chi connectivity index (χ0v) is 18.9. The molecule has 0 unspecified atom stereocenters. The number of fused-ring (bicyclic) bond motifs is 3. The zero-order valence-electron chi connectivity index (χ0n) is 18.9. The van der Waals surface area contributed by atoms with Crippen LogP contribution in [0.15, 0.2) is 24.4 Å². The van der Waals surface area contributed by atoms with Crippen LogP contribution in [-0.4, -0.2) is 32.4 Å². The number of alkyl halides is 6. The Hall–Kier alpha value is -3.90. The van der Waals surface area contributed by atoms with Crippen LogP contribution in [0.3, 0.4) is 0 Å². The van der Waals surface area contributed by atoms with Gasteiger partial charge >= 0.3 is 12.4 Å². The Morgan fingerprint density at radius 1 is 1.06 bits per heavy atom. The number of anilines is 1. The first-order valence-corrected chi connectivity index (χ1v) is 10.8. The van der Waals surface area contributed by atoms with Gasteiger partial charge in [0, 0.05) is 35.5 Å². The Bertz CT molecular complexity index is 1430. The molecule has 0 saturated heterocycles. The average molecular weight is 509 g/mol. The second kappa shape index (κ2) is 8.64. The summed E-state index contributed by atoms with van der Waals surface area (Å²) in [6.07, 6.45) is -6.86. The van der Waals surface area contributed by atoms with Gasteiger partial charge in [-0.25, -0.2) is 4.98 Å². The molecule has 2 aromatic heterocycles. The first kappa shape index (κ1) is 25.2. The number of aryl methyl sites for hydroxylation is 2. The molecule has 0 bridgehead atoms. The summed E-state index contributed by atoms with van der Waals surface area (Å²) in [5.74, 6) is 0. The highest BCUT2D eigenvalue weighted by Crippen LogP contribution is 2.39. The van der Waals surface area contributed by atoms with Gasteiger partial charge in [-0.05, 0) is 55.0 Å². The predicted molar refractivity (Wildman–Crippen MR) is 123 cm³/mol. The predicted octanol–water partition coefficient (Wildman–Crippen LogP) is 4.75. The van der Waals surface area contributed by atoms with Gasteiger partial charge in [-0.15, -0.1) is 0 Å². The van der Waals surface area contributed by atoms with Crippen molar-refractivity contribution in [2.75, 3.05) is 5.73 Å². The maximum atomic E-state index is 13.4. The fourth-order valence-electron chi connectivity index (χ4n) is 4.53. The highest BCUT2D eigenvalue weighted by Gasteiger charge is 2.39. The van der Waals surface area contributed by atoms with Crippen LogP contribution in [0.4, 0.5) is 32.0 Å². The van der Waals surface area contributed by atoms with Gasteiger partial charge in [-0.3, -0.25) is 15.5 Å². The lowest BCUT2D eigenvalue weighted by atomic mass is 9.83. The molecule has 1 aliphatic rings. The Balaban J connectivity index is 2.00. The van der Waals surface area contributed by atoms with E-state index in [4.69, 9.17) is 22.3 Å². The molecule has 6 N–H and O–H groups in total. The highest BCUT2D eigenvalue weighted by molar-refractivity contribution is 6.26. The molecule has 1 aliphatic carbocycles. The van der Waals surface area contributed by atoms with E-state index in [9.17, 15) is 26.3 Å². The molecular formula is C23H21F6N7. The molecule has 1 aromatic carbocycles. The number of nitrogens with zero attached hydrogens (tertiary/aromatic N) is 3. The van der Waals surface area contributed by atoms with Crippen LogP contribution >= 0.6 is 0 Å². The average Bonchev–Trinajstić information content (AvgIpc) is 3.21. The SMILES string of the molecule is Cn1nc(C(F)(F)F)cc1C(=N)c1c(N)ccc2nc(/C(=C/N)C(=N)C(F)(F)F)c3c(c12)CCCC3. The number of benzene rings is 1. The number of allylic oxidation sites excluding steroid dienone is 1. The molecule has 0 aliphatic heterocycles. The van der Waals surface area contributed by atoms with Gasteiger partial charge in [-0.2, -0.15) is 31.4 Å². The minimum atomic E-state index is -4.95. The van der Waals surface area contributed by atoms with E-state index < -0.39 is 29.3 Å². The second-order valence-corrected chi connectivity index (χ2v) is 8.41. The molecule has 0 radical (unpaired) electrons. The molecule has 190 valence electrons. The molecule has 13 heteroatoms. The molecule has 4 rings (SSSR count). The van der Waals surface area contributed by atoms with Crippen LogP contribution in [0.5, 0.6) is 0 Å². The van der Waals surface area contributed by atoms with Crippen molar-refractivity contribution < 1.29 is 26.3 Å². The molecule has 0 atom stereocenters. The van der Waals surface area contributed by atoms with E-state index in [2.05, 4.69) is 10.1 Å². The molecule has 0 amide bonds. The van der Waals surface area contributed by atoms with E-state index in [0.717, 1.165) is 10.7 Å². The summed E-state index contributed by atoms with van der Waals surface area (Å²) in [7, 11) is 1.27. The molecule has 0 saturated carbocycles. The smallest absolute Gasteiger partial charge is 0.404 e. The van der Waals surface area contributed by atoms with Crippen molar-refractivity contribution in [2.45, 2.75) is 38.0 Å². The lowest BCUT2D eigenvalue weighted by Gasteiger charge is -2.25. The van der Waals surface area contributed by atoms with Crippen LogP contribution in [0.1, 0.15) is 46.6 Å². The lowest BCUT2D eigenvalue weighted by molar-refractivity contribution is -0.141. The summed E-state index contributed by atoms with van der Waals surface area (Å²) in [6, 6.07) is 3.60. The molecule has 36 heavy (non-hydrogen) atoms. The molecule has 0 fully saturated rings. The normalized spacial score (nSPS) is 14.7. The van der Waals surface area contributed by atoms with Crippen LogP contribution in [0.2, 0.25) is 0 Å². The monoisotopic (exact) mass is 509 g/mol. The van der Waals surface area contributed by atoms with Gasteiger partial charge < -0.3 is 11.5 Å². The summed E-state index contributed by atoms with van der Waals surface area (Å²) in [4.78, 5) is 4.40. The third-order valence-corrected chi connectivity index (χ3v) is 6.15. The first-order valence-electron chi connectivity index (χ1n) is 10.8. The zero-order chi connectivity index (χ0) is 26.6. The fraction of sp³-hybridized carbons (Fsp3) is 0.304. The van der Waals surface area contributed by atoms with Crippen LogP contribution in [0.25, 0.3) is 16.5 Å².